The Hall–Kier alpha value is -12.1. The number of aromatic nitrogens is 7. The summed E-state index contributed by atoms with van der Waals surface area (Å²) in [5, 5.41) is 2.94. The minimum absolute atomic E-state index is 0.311. The summed E-state index contributed by atoms with van der Waals surface area (Å²) in [6, 6.07) is 71.9. The van der Waals surface area contributed by atoms with Crippen molar-refractivity contribution in [1.82, 2.24) is 32.4 Å². The van der Waals surface area contributed by atoms with Crippen LogP contribution in [-0.4, -0.2) is 40.8 Å². The minimum Gasteiger partial charge on any atom is -0.452 e. The van der Waals surface area contributed by atoms with E-state index in [9.17, 15) is 8.42 Å². The fraction of sp³-hybridized carbons (Fsp3) is 0.123. The lowest BCUT2D eigenvalue weighted by atomic mass is 10.1. The van der Waals surface area contributed by atoms with Gasteiger partial charge in [-0.15, -0.1) is 113 Å². The number of hydrogen-bond donors (Lipinski definition) is 0. The van der Waals surface area contributed by atoms with Crippen LogP contribution in [0.3, 0.4) is 0 Å². The normalized spacial score (nSPS) is 13.3. The third kappa shape index (κ3) is 10.5. The van der Waals surface area contributed by atoms with Gasteiger partial charge in [0.05, 0.1) is 106 Å². The molecule has 0 N–H and O–H groups in total. The average Bonchev–Trinajstić information content (AvgIpc) is 1.48. The van der Waals surface area contributed by atoms with Gasteiger partial charge in [-0.2, -0.15) is 0 Å². The van der Waals surface area contributed by atoms with E-state index in [2.05, 4.69) is 290 Å². The predicted octanol–water partition coefficient (Wildman–Crippen LogP) is 33.9. The van der Waals surface area contributed by atoms with Crippen molar-refractivity contribution < 1.29 is 26.1 Å². The zero-order valence-corrected chi connectivity index (χ0v) is 80.8. The van der Waals surface area contributed by atoms with Gasteiger partial charge in [0.1, 0.15) is 46.8 Å². The number of aryl methyl sites for hydroxylation is 12. The molecule has 2 aliphatic rings. The van der Waals surface area contributed by atoms with E-state index in [1.54, 1.807) is 22.7 Å². The zero-order chi connectivity index (χ0) is 87.3. The highest BCUT2D eigenvalue weighted by atomic mass is 32.2. The van der Waals surface area contributed by atoms with Crippen LogP contribution in [0.4, 0.5) is 0 Å². The standard InChI is InChI=1S/C39H28N2O3S2.C34H22N2OS5.C33H21N3O2S4/c1-20-5-11-24(12-6-20)40-30-17-22(3)9-15-26(30)28-19-29-34(32(28)40)44-35-36(29)45-37-33-38(46(42,43)39(35)37)27-16-10-23(4)18-31(27)41(33)25-13-7-21(2)8-14-25;1-15-5-9-19(10-6-15)35-23-27(37-21-13-17(3)38-28(21)23)30-25(35)32-34(41-30)26-33(42-32)31-24(29-22(40-31)14-18(4)39-29)36(26)20-11-7-16(2)8-12-20;1-14-5-9-18(10-6-14)35-21-25(26-22(35)32-33(38-26)34-17(4)40-32)37-27-23-30(42-29(21)27)31-24(28-20(41-31)13-16(3)39-28)36(23)19-11-7-15(2)8-12-19/h5-18H,19H2,1-4H3;5-14H,1-4H3;5-13H,1-4H3. The number of benzene rings is 8. The van der Waals surface area contributed by atoms with Gasteiger partial charge in [0.2, 0.25) is 15.6 Å². The fourth-order valence-electron chi connectivity index (χ4n) is 20.4. The lowest BCUT2D eigenvalue weighted by molar-refractivity contribution is 0.592. The van der Waals surface area contributed by atoms with E-state index in [-0.39, 0.29) is 0 Å². The lowest BCUT2D eigenvalue weighted by Gasteiger charge is -2.11. The zero-order valence-electron chi connectivity index (χ0n) is 71.8. The summed E-state index contributed by atoms with van der Waals surface area (Å²) in [5.74, 6) is 0.780. The van der Waals surface area contributed by atoms with E-state index in [1.807, 2.05) is 117 Å². The van der Waals surface area contributed by atoms with Crippen molar-refractivity contribution in [2.45, 2.75) is 99.3 Å². The first-order chi connectivity index (χ1) is 63.1. The van der Waals surface area contributed by atoms with Crippen molar-refractivity contribution in [3.63, 3.8) is 0 Å². The predicted molar refractivity (Wildman–Crippen MR) is 554 cm³/mol. The van der Waals surface area contributed by atoms with Gasteiger partial charge in [0.25, 0.3) is 0 Å². The second kappa shape index (κ2) is 27.0. The Labute approximate surface area is 780 Å². The van der Waals surface area contributed by atoms with Gasteiger partial charge < -0.3 is 45.1 Å². The molecule has 30 rings (SSSR count). The fourth-order valence-corrected chi connectivity index (χ4v) is 35.3. The Morgan fingerprint density at radius 2 is 0.669 bits per heavy atom. The molecule has 1 aliphatic carbocycles. The molecule has 20 aromatic heterocycles. The van der Waals surface area contributed by atoms with Gasteiger partial charge in [0, 0.05) is 80.9 Å². The van der Waals surface area contributed by atoms with Crippen LogP contribution in [0.1, 0.15) is 75.3 Å². The molecule has 0 amide bonds. The van der Waals surface area contributed by atoms with Crippen LogP contribution < -0.4 is 0 Å². The first-order valence-corrected chi connectivity index (χ1v) is 52.7. The number of thiazole rings is 1. The molecule has 24 heteroatoms. The van der Waals surface area contributed by atoms with E-state index in [4.69, 9.17) is 17.7 Å². The van der Waals surface area contributed by atoms with Crippen molar-refractivity contribution in [2.24, 2.45) is 0 Å². The van der Waals surface area contributed by atoms with Crippen molar-refractivity contribution in [1.29, 1.82) is 0 Å². The van der Waals surface area contributed by atoms with Crippen LogP contribution in [0.2, 0.25) is 0 Å². The van der Waals surface area contributed by atoms with Gasteiger partial charge in [-0.05, 0) is 203 Å². The number of fused-ring (bicyclic) bond motifs is 39. The van der Waals surface area contributed by atoms with E-state index >= 15 is 0 Å². The monoisotopic (exact) mass is 1890 g/mol. The van der Waals surface area contributed by atoms with Crippen molar-refractivity contribution >= 4 is 299 Å². The third-order valence-corrected chi connectivity index (χ3v) is 40.1. The van der Waals surface area contributed by atoms with Crippen molar-refractivity contribution in [3.05, 3.63) is 275 Å². The van der Waals surface area contributed by atoms with Crippen LogP contribution >= 0.6 is 113 Å². The van der Waals surface area contributed by atoms with Crippen LogP contribution in [0.15, 0.2) is 228 Å². The topological polar surface area (TPSA) is 129 Å². The molecule has 0 radical (unpaired) electrons. The molecule has 0 fully saturated rings. The van der Waals surface area contributed by atoms with Gasteiger partial charge in [0.15, 0.2) is 33.7 Å². The summed E-state index contributed by atoms with van der Waals surface area (Å²) in [4.78, 5) is 10.1. The lowest BCUT2D eigenvalue weighted by Crippen LogP contribution is -1.97. The molecule has 632 valence electrons. The number of thiophene rings is 9. The maximum atomic E-state index is 14.6. The Balaban J connectivity index is 0.0000000982. The van der Waals surface area contributed by atoms with Crippen molar-refractivity contribution in [3.8, 4) is 56.1 Å². The molecule has 28 aromatic rings. The maximum Gasteiger partial charge on any atom is 0.240 e. The molecule has 0 saturated carbocycles. The second-order valence-corrected chi connectivity index (χ2v) is 48.1. The summed E-state index contributed by atoms with van der Waals surface area (Å²) in [7, 11) is -3.86. The summed E-state index contributed by atoms with van der Waals surface area (Å²) in [6.45, 7) is 25.5. The van der Waals surface area contributed by atoms with E-state index in [1.165, 1.54) is 154 Å². The van der Waals surface area contributed by atoms with Crippen LogP contribution in [-0.2, 0) is 16.3 Å². The van der Waals surface area contributed by atoms with Crippen LogP contribution in [0, 0.1) is 83.1 Å². The third-order valence-electron chi connectivity index (χ3n) is 26.2. The van der Waals surface area contributed by atoms with E-state index in [0.29, 0.717) is 27.5 Å². The van der Waals surface area contributed by atoms with Gasteiger partial charge >= 0.3 is 0 Å². The Kier molecular flexibility index (Phi) is 16.0. The molecule has 0 spiro atoms. The van der Waals surface area contributed by atoms with Crippen LogP contribution in [0.5, 0.6) is 0 Å². The molecule has 8 aromatic carbocycles. The van der Waals surface area contributed by atoms with Crippen LogP contribution in [0.25, 0.3) is 232 Å². The molecule has 0 saturated heterocycles. The quantitative estimate of drug-likeness (QED) is 0.162. The highest BCUT2D eigenvalue weighted by Gasteiger charge is 2.47. The van der Waals surface area contributed by atoms with E-state index in [0.717, 1.165) is 141 Å². The highest BCUT2D eigenvalue weighted by molar-refractivity contribution is 7.93. The number of furan rings is 4. The Morgan fingerprint density at radius 3 is 1.21 bits per heavy atom. The van der Waals surface area contributed by atoms with Gasteiger partial charge in [-0.3, -0.25) is 0 Å². The Morgan fingerprint density at radius 1 is 0.285 bits per heavy atom. The maximum absolute atomic E-state index is 14.6. The minimum atomic E-state index is -3.86. The molecule has 21 heterocycles. The summed E-state index contributed by atoms with van der Waals surface area (Å²) in [6.07, 6.45) is 0.697. The number of sulfone groups is 1. The molecule has 130 heavy (non-hydrogen) atoms. The number of hydrogen-bond acceptors (Lipinski definition) is 17. The summed E-state index contributed by atoms with van der Waals surface area (Å²) >= 11 is 18.4. The molecule has 0 atom stereocenters. The van der Waals surface area contributed by atoms with Crippen molar-refractivity contribution in [2.75, 3.05) is 0 Å². The average molecular weight is 1890 g/mol. The molecule has 1 aliphatic heterocycles. The first-order valence-electron chi connectivity index (χ1n) is 43.0. The first kappa shape index (κ1) is 76.7. The molecule has 13 nitrogen and oxygen atoms in total. The highest BCUT2D eigenvalue weighted by Crippen LogP contribution is 2.62. The Bertz CT molecular complexity index is 9220. The van der Waals surface area contributed by atoms with Gasteiger partial charge in [-0.1, -0.05) is 130 Å². The van der Waals surface area contributed by atoms with Gasteiger partial charge in [-0.25, -0.2) is 13.4 Å². The second-order valence-electron chi connectivity index (χ2n) is 35.2. The smallest absolute Gasteiger partial charge is 0.240 e. The van der Waals surface area contributed by atoms with E-state index < -0.39 is 9.84 Å². The SMILES string of the molecule is Cc1ccc(-n2c3c(c4ccc(C)cc42)Cc2c-3oc3c4c(sc23)-c2c(c3ccc(C)cc3n2-c2ccc(C)cc2)S4(=O)=O)cc1.Cc1ccc(-n2c3c(oc4cc(C)sc43)c3sc4c(sc5c6sc7cc(C)sc7c6n(-c6ccc(C)cc6)c45)c32)cc1.Cc1ccc(-n2c3c(oc4nc(C)sc43)c3oc4c(sc5c6sc7cc(C)sc7c6n(-c6ccc(C)cc6)c45)c32)cc1. The summed E-state index contributed by atoms with van der Waals surface area (Å²) < 4.78 is 89.5. The molecular weight excluding hydrogens is 1820 g/mol. The number of nitrogens with zero attached hydrogens (tertiary/aromatic N) is 7. The summed E-state index contributed by atoms with van der Waals surface area (Å²) in [5.41, 5.74) is 37.7. The molecule has 0 unspecified atom stereocenters. The largest absolute Gasteiger partial charge is 0.452 e. The molecular formula is C106H71N7O6S11. The molecule has 0 bridgehead atoms. The number of rotatable bonds is 6.